The zero-order chi connectivity index (χ0) is 20.7. The van der Waals surface area contributed by atoms with Crippen LogP contribution in [0, 0.1) is 0 Å². The number of nitrogens with two attached hydrogens (primary N) is 1. The van der Waals surface area contributed by atoms with Crippen LogP contribution in [0.15, 0.2) is 64.8 Å². The molecule has 0 spiro atoms. The molecule has 1 saturated heterocycles. The number of rotatable bonds is 4. The van der Waals surface area contributed by atoms with E-state index in [4.69, 9.17) is 10.5 Å². The number of ether oxygens (including phenoxy) is 1. The van der Waals surface area contributed by atoms with E-state index in [0.717, 1.165) is 11.1 Å². The van der Waals surface area contributed by atoms with Gasteiger partial charge in [-0.2, -0.15) is 0 Å². The van der Waals surface area contributed by atoms with Crippen LogP contribution in [-0.4, -0.2) is 40.2 Å². The molecule has 1 aromatic heterocycles. The van der Waals surface area contributed by atoms with Crippen LogP contribution >= 0.6 is 0 Å². The Morgan fingerprint density at radius 2 is 1.90 bits per heavy atom. The average molecular weight is 401 g/mol. The number of H-pyrrole nitrogens is 1. The van der Waals surface area contributed by atoms with E-state index < -0.39 is 5.54 Å². The van der Waals surface area contributed by atoms with E-state index in [2.05, 4.69) is 25.3 Å². The fourth-order valence-corrected chi connectivity index (χ4v) is 3.85. The smallest absolute Gasteiger partial charge is 0.324 e. The van der Waals surface area contributed by atoms with Gasteiger partial charge in [0.15, 0.2) is 17.2 Å². The Labute approximate surface area is 172 Å². The zero-order valence-corrected chi connectivity index (χ0v) is 16.2. The molecule has 1 fully saturated rings. The zero-order valence-electron chi connectivity index (χ0n) is 16.2. The van der Waals surface area contributed by atoms with Crippen molar-refractivity contribution in [1.29, 1.82) is 0 Å². The second-order valence-electron chi connectivity index (χ2n) is 7.03. The number of nitrogens with zero attached hydrogens (tertiary/aromatic N) is 4. The van der Waals surface area contributed by atoms with Gasteiger partial charge in [0.05, 0.1) is 20.0 Å². The highest BCUT2D eigenvalue weighted by Crippen LogP contribution is 2.41. The first-order valence-electron chi connectivity index (χ1n) is 9.35. The number of aliphatic imine (C=N–C) groups is 2. The average Bonchev–Trinajstić information content (AvgIpc) is 3.30. The van der Waals surface area contributed by atoms with Crippen LogP contribution in [-0.2, 0) is 12.1 Å². The number of fused-ring (bicyclic) bond motifs is 3. The highest BCUT2D eigenvalue weighted by Gasteiger charge is 2.54. The standard InChI is InChI=1S/C21H19N7O2/c1-30-16-8-4-14(5-9-16)21-17-18(24-11-23-17)25-12-26-19(21)28(20(29)27-21)10-13-2-6-15(22)7-3-13/h2-9,11-12H,10,22H2,1H3,(H,23,24)(H,27,29). The van der Waals surface area contributed by atoms with Gasteiger partial charge in [-0.05, 0) is 35.4 Å². The number of hydrogen-bond acceptors (Lipinski definition) is 6. The minimum absolute atomic E-state index is 0.273. The summed E-state index contributed by atoms with van der Waals surface area (Å²) in [6.45, 7) is 0.330. The molecule has 0 aliphatic carbocycles. The first-order valence-corrected chi connectivity index (χ1v) is 9.35. The number of hydrogen-bond donors (Lipinski definition) is 3. The van der Waals surface area contributed by atoms with Gasteiger partial charge >= 0.3 is 6.03 Å². The minimum Gasteiger partial charge on any atom is -0.497 e. The molecule has 0 saturated carbocycles. The quantitative estimate of drug-likeness (QED) is 0.582. The summed E-state index contributed by atoms with van der Waals surface area (Å²) in [4.78, 5) is 31.2. The van der Waals surface area contributed by atoms with Crippen LogP contribution in [0.1, 0.15) is 16.8 Å². The topological polar surface area (TPSA) is 121 Å². The molecule has 9 heteroatoms. The number of benzene rings is 2. The van der Waals surface area contributed by atoms with Gasteiger partial charge in [0.25, 0.3) is 0 Å². The predicted molar refractivity (Wildman–Crippen MR) is 113 cm³/mol. The van der Waals surface area contributed by atoms with Crippen molar-refractivity contribution < 1.29 is 9.53 Å². The van der Waals surface area contributed by atoms with Crippen LogP contribution in [0.4, 0.5) is 16.3 Å². The Hall–Kier alpha value is -4.14. The fourth-order valence-electron chi connectivity index (χ4n) is 3.85. The third-order valence-corrected chi connectivity index (χ3v) is 5.32. The number of imidazole rings is 1. The highest BCUT2D eigenvalue weighted by molar-refractivity contribution is 6.15. The molecule has 3 aromatic rings. The van der Waals surface area contributed by atoms with Crippen LogP contribution in [0.5, 0.6) is 5.75 Å². The summed E-state index contributed by atoms with van der Waals surface area (Å²) in [6.07, 6.45) is 3.00. The summed E-state index contributed by atoms with van der Waals surface area (Å²) in [5.74, 6) is 1.76. The van der Waals surface area contributed by atoms with Crippen molar-refractivity contribution in [3.8, 4) is 5.75 Å². The number of nitrogens with one attached hydrogen (secondary N) is 2. The summed E-state index contributed by atoms with van der Waals surface area (Å²) in [5, 5.41) is 3.12. The van der Waals surface area contributed by atoms with Gasteiger partial charge in [-0.25, -0.2) is 19.8 Å². The molecule has 2 amide bonds. The third kappa shape index (κ3) is 2.63. The lowest BCUT2D eigenvalue weighted by Gasteiger charge is -2.28. The van der Waals surface area contributed by atoms with Gasteiger partial charge in [-0.15, -0.1) is 0 Å². The molecule has 30 heavy (non-hydrogen) atoms. The number of methoxy groups -OCH3 is 1. The summed E-state index contributed by atoms with van der Waals surface area (Å²) in [6, 6.07) is 14.6. The Morgan fingerprint density at radius 1 is 1.13 bits per heavy atom. The van der Waals surface area contributed by atoms with Crippen molar-refractivity contribution in [3.63, 3.8) is 0 Å². The second kappa shape index (κ2) is 6.73. The molecule has 2 aliphatic rings. The molecule has 1 unspecified atom stereocenters. The molecule has 9 nitrogen and oxygen atoms in total. The molecule has 2 aliphatic heterocycles. The van der Waals surface area contributed by atoms with Crippen LogP contribution < -0.4 is 15.8 Å². The molecule has 2 aromatic carbocycles. The summed E-state index contributed by atoms with van der Waals surface area (Å²) >= 11 is 0. The van der Waals surface area contributed by atoms with Crippen molar-refractivity contribution in [1.82, 2.24) is 20.2 Å². The van der Waals surface area contributed by atoms with E-state index in [-0.39, 0.29) is 6.03 Å². The van der Waals surface area contributed by atoms with Crippen LogP contribution in [0.2, 0.25) is 0 Å². The molecule has 5 rings (SSSR count). The lowest BCUT2D eigenvalue weighted by molar-refractivity contribution is 0.225. The number of aromatic amines is 1. The van der Waals surface area contributed by atoms with Crippen molar-refractivity contribution in [3.05, 3.63) is 71.7 Å². The van der Waals surface area contributed by atoms with Crippen LogP contribution in [0.3, 0.4) is 0 Å². The molecule has 150 valence electrons. The molecular formula is C21H19N7O2. The molecule has 0 bridgehead atoms. The first kappa shape index (κ1) is 17.9. The number of amidine groups is 1. The van der Waals surface area contributed by atoms with E-state index in [9.17, 15) is 4.79 Å². The van der Waals surface area contributed by atoms with E-state index in [1.54, 1.807) is 18.3 Å². The van der Waals surface area contributed by atoms with Crippen molar-refractivity contribution in [2.75, 3.05) is 12.8 Å². The monoisotopic (exact) mass is 401 g/mol. The summed E-state index contributed by atoms with van der Waals surface area (Å²) in [7, 11) is 1.61. The lowest BCUT2D eigenvalue weighted by atomic mass is 9.85. The normalized spacial score (nSPS) is 19.6. The highest BCUT2D eigenvalue weighted by atomic mass is 16.5. The van der Waals surface area contributed by atoms with Gasteiger partial charge < -0.3 is 20.8 Å². The summed E-state index contributed by atoms with van der Waals surface area (Å²) in [5.41, 5.74) is 7.68. The number of carbonyl (C=O) groups excluding carboxylic acids is 1. The van der Waals surface area contributed by atoms with E-state index in [1.807, 2.05) is 48.5 Å². The SMILES string of the molecule is COc1ccc(C23NC(=O)N(Cc4ccc(N)cc4)C2=NC=Nc2[nH]cnc23)cc1. The maximum absolute atomic E-state index is 13.2. The number of aromatic nitrogens is 2. The predicted octanol–water partition coefficient (Wildman–Crippen LogP) is 2.54. The van der Waals surface area contributed by atoms with Gasteiger partial charge in [0, 0.05) is 5.69 Å². The van der Waals surface area contributed by atoms with Gasteiger partial charge in [0.2, 0.25) is 0 Å². The minimum atomic E-state index is -1.08. The van der Waals surface area contributed by atoms with Crippen molar-refractivity contribution in [2.24, 2.45) is 9.98 Å². The van der Waals surface area contributed by atoms with Gasteiger partial charge in [0.1, 0.15) is 17.8 Å². The fraction of sp³-hybridized carbons (Fsp3) is 0.143. The van der Waals surface area contributed by atoms with E-state index in [0.29, 0.717) is 35.3 Å². The third-order valence-electron chi connectivity index (χ3n) is 5.32. The van der Waals surface area contributed by atoms with E-state index >= 15 is 0 Å². The second-order valence-corrected chi connectivity index (χ2v) is 7.03. The first-order chi connectivity index (χ1) is 14.6. The van der Waals surface area contributed by atoms with Crippen molar-refractivity contribution in [2.45, 2.75) is 12.1 Å². The van der Waals surface area contributed by atoms with Crippen LogP contribution in [0.25, 0.3) is 0 Å². The Morgan fingerprint density at radius 3 is 2.63 bits per heavy atom. The summed E-state index contributed by atoms with van der Waals surface area (Å²) < 4.78 is 5.29. The number of nitrogen functional groups attached to an aromatic ring is 1. The number of anilines is 1. The molecular weight excluding hydrogens is 382 g/mol. The van der Waals surface area contributed by atoms with Gasteiger partial charge in [-0.3, -0.25) is 4.90 Å². The number of urea groups is 1. The van der Waals surface area contributed by atoms with Crippen molar-refractivity contribution >= 4 is 29.7 Å². The maximum atomic E-state index is 13.2. The molecule has 0 radical (unpaired) electrons. The largest absolute Gasteiger partial charge is 0.497 e. The number of carbonyl (C=O) groups is 1. The number of amides is 2. The molecule has 4 N–H and O–H groups in total. The maximum Gasteiger partial charge on any atom is 0.324 e. The Balaban J connectivity index is 1.65. The molecule has 3 heterocycles. The Bertz CT molecular complexity index is 1160. The Kier molecular flexibility index (Phi) is 4.02. The van der Waals surface area contributed by atoms with E-state index in [1.165, 1.54) is 6.34 Å². The molecule has 1 atom stereocenters. The lowest BCUT2D eigenvalue weighted by Crippen LogP contribution is -2.45. The van der Waals surface area contributed by atoms with Gasteiger partial charge in [-0.1, -0.05) is 24.3 Å².